The molecule has 0 bridgehead atoms. The predicted molar refractivity (Wildman–Crippen MR) is 144 cm³/mol. The van der Waals surface area contributed by atoms with Gasteiger partial charge in [0.1, 0.15) is 17.0 Å². The summed E-state index contributed by atoms with van der Waals surface area (Å²) in [6.07, 6.45) is 1.36. The van der Waals surface area contributed by atoms with Crippen LogP contribution in [-0.2, 0) is 11.8 Å². The summed E-state index contributed by atoms with van der Waals surface area (Å²) in [5.41, 5.74) is -0.209. The van der Waals surface area contributed by atoms with Crippen LogP contribution in [0.3, 0.4) is 0 Å². The van der Waals surface area contributed by atoms with Crippen LogP contribution in [0, 0.1) is 12.7 Å². The number of rotatable bonds is 5. The minimum atomic E-state index is -0.583. The number of fused-ring (bicyclic) bond motifs is 1. The van der Waals surface area contributed by atoms with Gasteiger partial charge >= 0.3 is 5.69 Å². The number of nitrogens with one attached hydrogen (secondary N) is 2. The Morgan fingerprint density at radius 2 is 1.73 bits per heavy atom. The lowest BCUT2D eigenvalue weighted by atomic mass is 10.1. The van der Waals surface area contributed by atoms with Crippen molar-refractivity contribution in [2.45, 2.75) is 32.7 Å². The first kappa shape index (κ1) is 24.7. The molecule has 2 N–H and O–H groups in total. The van der Waals surface area contributed by atoms with Gasteiger partial charge in [-0.25, -0.2) is 9.18 Å². The first-order chi connectivity index (χ1) is 17.6. The zero-order valence-corrected chi connectivity index (χ0v) is 21.8. The standard InChI is InChI=1S/C26H23BrFN5O4/c1-13-22-21(23(31(3)24(13)35)30-20-11-4-15(27)12-19(20)28)25(36)33(18-9-10-18)26(37)32(22)17-7-5-16(6-8-17)29-14(2)34/h4-8,11-12,18,30H,9-10H2,1-3H3,(H,29,34). The molecule has 0 unspecified atom stereocenters. The number of aryl methyl sites for hydroxylation is 1. The van der Waals surface area contributed by atoms with Gasteiger partial charge in [-0.15, -0.1) is 0 Å². The molecular weight excluding hydrogens is 545 g/mol. The molecule has 5 rings (SSSR count). The number of amides is 1. The fraction of sp³-hybridized carbons (Fsp3) is 0.231. The summed E-state index contributed by atoms with van der Waals surface area (Å²) in [4.78, 5) is 52.2. The molecule has 2 heterocycles. The minimum Gasteiger partial charge on any atom is -0.338 e. The SMILES string of the molecule is CC(=O)Nc1ccc(-n2c(=O)n(C3CC3)c(=O)c3c(Nc4ccc(Br)cc4F)n(C)c(=O)c(C)c32)cc1. The van der Waals surface area contributed by atoms with E-state index in [2.05, 4.69) is 26.6 Å². The molecule has 2 aromatic heterocycles. The van der Waals surface area contributed by atoms with Gasteiger partial charge in [-0.3, -0.25) is 28.1 Å². The summed E-state index contributed by atoms with van der Waals surface area (Å²) in [6.45, 7) is 2.94. The summed E-state index contributed by atoms with van der Waals surface area (Å²) in [6, 6.07) is 10.7. The lowest BCUT2D eigenvalue weighted by molar-refractivity contribution is -0.114. The molecule has 0 aliphatic heterocycles. The van der Waals surface area contributed by atoms with Gasteiger partial charge in [-0.2, -0.15) is 0 Å². The van der Waals surface area contributed by atoms with Gasteiger partial charge in [0, 0.05) is 35.7 Å². The second kappa shape index (κ2) is 9.15. The van der Waals surface area contributed by atoms with Crippen LogP contribution in [0.5, 0.6) is 0 Å². The van der Waals surface area contributed by atoms with Crippen LogP contribution in [0.25, 0.3) is 16.6 Å². The van der Waals surface area contributed by atoms with E-state index < -0.39 is 22.6 Å². The Hall–Kier alpha value is -3.99. The quantitative estimate of drug-likeness (QED) is 0.377. The van der Waals surface area contributed by atoms with E-state index in [0.717, 1.165) is 0 Å². The maximum Gasteiger partial charge on any atom is 0.336 e. The van der Waals surface area contributed by atoms with Crippen LogP contribution in [0.2, 0.25) is 0 Å². The zero-order valence-electron chi connectivity index (χ0n) is 20.3. The average Bonchev–Trinajstić information content (AvgIpc) is 3.67. The van der Waals surface area contributed by atoms with Gasteiger partial charge in [-0.1, -0.05) is 15.9 Å². The van der Waals surface area contributed by atoms with Gasteiger partial charge in [0.25, 0.3) is 11.1 Å². The fourth-order valence-corrected chi connectivity index (χ4v) is 4.80. The van der Waals surface area contributed by atoms with Crippen molar-refractivity contribution in [2.75, 3.05) is 10.6 Å². The van der Waals surface area contributed by atoms with E-state index >= 15 is 0 Å². The number of hydrogen-bond donors (Lipinski definition) is 2. The molecule has 11 heteroatoms. The Morgan fingerprint density at radius 3 is 2.32 bits per heavy atom. The number of carbonyl (C=O) groups excluding carboxylic acids is 1. The van der Waals surface area contributed by atoms with Gasteiger partial charge < -0.3 is 10.6 Å². The van der Waals surface area contributed by atoms with Crippen LogP contribution >= 0.6 is 15.9 Å². The molecule has 0 radical (unpaired) electrons. The van der Waals surface area contributed by atoms with Crippen LogP contribution in [0.1, 0.15) is 31.4 Å². The largest absolute Gasteiger partial charge is 0.338 e. The Labute approximate surface area is 218 Å². The molecule has 37 heavy (non-hydrogen) atoms. The van der Waals surface area contributed by atoms with E-state index in [1.807, 2.05) is 0 Å². The van der Waals surface area contributed by atoms with Crippen molar-refractivity contribution in [3.05, 3.63) is 89.5 Å². The van der Waals surface area contributed by atoms with Crippen molar-refractivity contribution < 1.29 is 9.18 Å². The Balaban J connectivity index is 1.86. The monoisotopic (exact) mass is 567 g/mol. The highest BCUT2D eigenvalue weighted by Crippen LogP contribution is 2.34. The molecule has 0 saturated heterocycles. The summed E-state index contributed by atoms with van der Waals surface area (Å²) in [5, 5.41) is 5.70. The van der Waals surface area contributed by atoms with E-state index in [4.69, 9.17) is 0 Å². The van der Waals surface area contributed by atoms with Crippen molar-refractivity contribution >= 4 is 49.9 Å². The van der Waals surface area contributed by atoms with Crippen LogP contribution in [0.4, 0.5) is 21.6 Å². The highest BCUT2D eigenvalue weighted by molar-refractivity contribution is 9.10. The summed E-state index contributed by atoms with van der Waals surface area (Å²) in [7, 11) is 1.49. The van der Waals surface area contributed by atoms with E-state index in [0.29, 0.717) is 28.7 Å². The number of nitrogens with zero attached hydrogens (tertiary/aromatic N) is 3. The van der Waals surface area contributed by atoms with Crippen molar-refractivity contribution in [1.82, 2.24) is 13.7 Å². The summed E-state index contributed by atoms with van der Waals surface area (Å²) in [5.74, 6) is -0.748. The summed E-state index contributed by atoms with van der Waals surface area (Å²) < 4.78 is 19.1. The lowest BCUT2D eigenvalue weighted by Crippen LogP contribution is -2.41. The van der Waals surface area contributed by atoms with E-state index in [9.17, 15) is 23.6 Å². The van der Waals surface area contributed by atoms with Crippen molar-refractivity contribution in [3.8, 4) is 5.69 Å². The van der Waals surface area contributed by atoms with Crippen LogP contribution in [0.15, 0.2) is 61.3 Å². The van der Waals surface area contributed by atoms with Crippen molar-refractivity contribution in [2.24, 2.45) is 7.05 Å². The van der Waals surface area contributed by atoms with E-state index in [1.54, 1.807) is 37.3 Å². The number of carbonyl (C=O) groups is 1. The lowest BCUT2D eigenvalue weighted by Gasteiger charge is -2.20. The summed E-state index contributed by atoms with van der Waals surface area (Å²) >= 11 is 3.23. The van der Waals surface area contributed by atoms with Gasteiger partial charge in [0.05, 0.1) is 16.9 Å². The third-order valence-electron chi connectivity index (χ3n) is 6.39. The minimum absolute atomic E-state index is 0.0677. The first-order valence-electron chi connectivity index (χ1n) is 11.6. The molecule has 1 fully saturated rings. The fourth-order valence-electron chi connectivity index (χ4n) is 4.47. The molecule has 1 aliphatic carbocycles. The molecule has 190 valence electrons. The number of pyridine rings is 1. The van der Waals surface area contributed by atoms with Crippen LogP contribution < -0.4 is 27.4 Å². The topological polar surface area (TPSA) is 107 Å². The molecule has 1 aliphatic rings. The molecular formula is C26H23BrFN5O4. The van der Waals surface area contributed by atoms with Crippen LogP contribution in [-0.4, -0.2) is 19.6 Å². The third-order valence-corrected chi connectivity index (χ3v) is 6.88. The Bertz CT molecular complexity index is 1770. The van der Waals surface area contributed by atoms with Gasteiger partial charge in [-0.05, 0) is 62.2 Å². The maximum absolute atomic E-state index is 14.8. The molecule has 1 amide bonds. The molecule has 9 nitrogen and oxygen atoms in total. The number of halogens is 2. The highest BCUT2D eigenvalue weighted by Gasteiger charge is 2.31. The van der Waals surface area contributed by atoms with Gasteiger partial charge in [0.15, 0.2) is 0 Å². The number of benzene rings is 2. The molecule has 0 spiro atoms. The van der Waals surface area contributed by atoms with Crippen molar-refractivity contribution in [1.29, 1.82) is 0 Å². The highest BCUT2D eigenvalue weighted by atomic mass is 79.9. The zero-order chi connectivity index (χ0) is 26.6. The second-order valence-electron chi connectivity index (χ2n) is 9.06. The predicted octanol–water partition coefficient (Wildman–Crippen LogP) is 4.10. The normalized spacial score (nSPS) is 13.1. The third kappa shape index (κ3) is 4.29. The molecule has 0 atom stereocenters. The second-order valence-corrected chi connectivity index (χ2v) is 9.98. The number of hydrogen-bond acceptors (Lipinski definition) is 5. The smallest absolute Gasteiger partial charge is 0.336 e. The van der Waals surface area contributed by atoms with Gasteiger partial charge in [0.2, 0.25) is 5.91 Å². The molecule has 4 aromatic rings. The number of anilines is 3. The Morgan fingerprint density at radius 1 is 1.05 bits per heavy atom. The number of aromatic nitrogens is 3. The Kier molecular flexibility index (Phi) is 6.10. The maximum atomic E-state index is 14.8. The molecule has 1 saturated carbocycles. The average molecular weight is 568 g/mol. The van der Waals surface area contributed by atoms with E-state index in [1.165, 1.54) is 39.8 Å². The first-order valence-corrected chi connectivity index (χ1v) is 12.4. The molecule has 2 aromatic carbocycles. The van der Waals surface area contributed by atoms with E-state index in [-0.39, 0.29) is 39.9 Å². The van der Waals surface area contributed by atoms with Crippen molar-refractivity contribution in [3.63, 3.8) is 0 Å².